The number of aromatic nitrogens is 1. The van der Waals surface area contributed by atoms with Crippen molar-refractivity contribution in [1.29, 1.82) is 5.26 Å². The molecule has 1 aromatic rings. The van der Waals surface area contributed by atoms with Crippen LogP contribution in [0.2, 0.25) is 0 Å². The second kappa shape index (κ2) is 2.28. The van der Waals surface area contributed by atoms with Gasteiger partial charge in [0.05, 0.1) is 11.8 Å². The van der Waals surface area contributed by atoms with Gasteiger partial charge in [-0.15, -0.1) is 0 Å². The molecule has 1 heterocycles. The Labute approximate surface area is 69.7 Å². The molecule has 1 saturated carbocycles. The molecule has 2 rings (SSSR count). The Morgan fingerprint density at radius 3 is 2.83 bits per heavy atom. The van der Waals surface area contributed by atoms with Gasteiger partial charge in [-0.25, -0.2) is 4.39 Å². The van der Waals surface area contributed by atoms with Crippen LogP contribution in [-0.4, -0.2) is 4.98 Å². The topological polar surface area (TPSA) is 36.7 Å². The number of hydrogen-bond acceptors (Lipinski definition) is 2. The molecule has 2 nitrogen and oxygen atoms in total. The average Bonchev–Trinajstić information content (AvgIpc) is 2.86. The smallest absolute Gasteiger partial charge is 0.146 e. The lowest BCUT2D eigenvalue weighted by Crippen LogP contribution is -2.08. The SMILES string of the molecule is N#CC1(c2ncccc2F)CC1. The van der Waals surface area contributed by atoms with Crippen molar-refractivity contribution in [3.05, 3.63) is 29.8 Å². The number of hydrogen-bond donors (Lipinski definition) is 0. The summed E-state index contributed by atoms with van der Waals surface area (Å²) >= 11 is 0. The molecule has 1 aromatic heterocycles. The average molecular weight is 162 g/mol. The van der Waals surface area contributed by atoms with Crippen molar-refractivity contribution in [3.8, 4) is 6.07 Å². The summed E-state index contributed by atoms with van der Waals surface area (Å²) in [5.41, 5.74) is -0.293. The molecule has 0 spiro atoms. The number of nitrogens with zero attached hydrogens (tertiary/aromatic N) is 2. The van der Waals surface area contributed by atoms with E-state index in [1.54, 1.807) is 0 Å². The van der Waals surface area contributed by atoms with Crippen molar-refractivity contribution in [1.82, 2.24) is 4.98 Å². The van der Waals surface area contributed by atoms with E-state index >= 15 is 0 Å². The summed E-state index contributed by atoms with van der Waals surface area (Å²) in [7, 11) is 0. The van der Waals surface area contributed by atoms with Crippen LogP contribution in [0.25, 0.3) is 0 Å². The fraction of sp³-hybridized carbons (Fsp3) is 0.333. The van der Waals surface area contributed by atoms with Gasteiger partial charge in [-0.05, 0) is 25.0 Å². The molecule has 0 aliphatic heterocycles. The molecule has 0 radical (unpaired) electrons. The van der Waals surface area contributed by atoms with Crippen LogP contribution in [0.1, 0.15) is 18.5 Å². The van der Waals surface area contributed by atoms with Gasteiger partial charge in [-0.3, -0.25) is 4.98 Å². The van der Waals surface area contributed by atoms with Gasteiger partial charge in [0.1, 0.15) is 11.2 Å². The fourth-order valence-electron chi connectivity index (χ4n) is 1.26. The highest BCUT2D eigenvalue weighted by Gasteiger charge is 2.48. The van der Waals surface area contributed by atoms with Crippen molar-refractivity contribution >= 4 is 0 Å². The first kappa shape index (κ1) is 7.23. The first-order valence-corrected chi connectivity index (χ1v) is 3.81. The summed E-state index contributed by atoms with van der Waals surface area (Å²) in [4.78, 5) is 3.89. The zero-order chi connectivity index (χ0) is 8.60. The largest absolute Gasteiger partial charge is 0.257 e. The number of nitriles is 1. The molecule has 1 aliphatic rings. The minimum absolute atomic E-state index is 0.313. The monoisotopic (exact) mass is 162 g/mol. The lowest BCUT2D eigenvalue weighted by Gasteiger charge is -2.04. The predicted molar refractivity (Wildman–Crippen MR) is 40.7 cm³/mol. The summed E-state index contributed by atoms with van der Waals surface area (Å²) < 4.78 is 13.1. The summed E-state index contributed by atoms with van der Waals surface area (Å²) in [5, 5.41) is 8.78. The molecule has 0 N–H and O–H groups in total. The van der Waals surface area contributed by atoms with Crippen molar-refractivity contribution < 1.29 is 4.39 Å². The van der Waals surface area contributed by atoms with Crippen molar-refractivity contribution in [2.75, 3.05) is 0 Å². The van der Waals surface area contributed by atoms with Gasteiger partial charge >= 0.3 is 0 Å². The van der Waals surface area contributed by atoms with E-state index in [1.807, 2.05) is 0 Å². The summed E-state index contributed by atoms with van der Waals surface area (Å²) in [5.74, 6) is -0.364. The summed E-state index contributed by atoms with van der Waals surface area (Å²) in [6, 6.07) is 4.99. The lowest BCUT2D eigenvalue weighted by atomic mass is 10.0. The third-order valence-corrected chi connectivity index (χ3v) is 2.18. The van der Waals surface area contributed by atoms with E-state index in [1.165, 1.54) is 18.3 Å². The van der Waals surface area contributed by atoms with Crippen LogP contribution in [0, 0.1) is 17.1 Å². The third kappa shape index (κ3) is 0.884. The van der Waals surface area contributed by atoms with E-state index in [-0.39, 0.29) is 5.82 Å². The van der Waals surface area contributed by atoms with E-state index in [0.29, 0.717) is 5.69 Å². The Kier molecular flexibility index (Phi) is 1.37. The summed E-state index contributed by atoms with van der Waals surface area (Å²) in [6.45, 7) is 0. The van der Waals surface area contributed by atoms with Crippen LogP contribution in [0.5, 0.6) is 0 Å². The Balaban J connectivity index is 2.48. The Bertz CT molecular complexity index is 350. The normalized spacial score (nSPS) is 18.3. The molecule has 12 heavy (non-hydrogen) atoms. The highest BCUT2D eigenvalue weighted by Crippen LogP contribution is 2.47. The van der Waals surface area contributed by atoms with E-state index in [2.05, 4.69) is 11.1 Å². The molecule has 0 saturated heterocycles. The van der Waals surface area contributed by atoms with Gasteiger partial charge in [-0.1, -0.05) is 0 Å². The number of halogens is 1. The minimum atomic E-state index is -0.606. The fourth-order valence-corrected chi connectivity index (χ4v) is 1.26. The maximum absolute atomic E-state index is 13.1. The Hall–Kier alpha value is -1.43. The van der Waals surface area contributed by atoms with Crippen LogP contribution in [0.4, 0.5) is 4.39 Å². The van der Waals surface area contributed by atoms with E-state index < -0.39 is 5.41 Å². The van der Waals surface area contributed by atoms with Crippen LogP contribution in [-0.2, 0) is 5.41 Å². The van der Waals surface area contributed by atoms with Crippen molar-refractivity contribution in [3.63, 3.8) is 0 Å². The van der Waals surface area contributed by atoms with Crippen LogP contribution >= 0.6 is 0 Å². The number of pyridine rings is 1. The maximum atomic E-state index is 13.1. The number of rotatable bonds is 1. The standard InChI is InChI=1S/C9H7FN2/c10-7-2-1-5-12-8(7)9(6-11)3-4-9/h1-2,5H,3-4H2. The van der Waals surface area contributed by atoms with E-state index in [4.69, 9.17) is 5.26 Å². The molecule has 0 bridgehead atoms. The quantitative estimate of drug-likeness (QED) is 0.631. The highest BCUT2D eigenvalue weighted by atomic mass is 19.1. The molecular weight excluding hydrogens is 155 g/mol. The molecule has 1 fully saturated rings. The van der Waals surface area contributed by atoms with Gasteiger partial charge < -0.3 is 0 Å². The maximum Gasteiger partial charge on any atom is 0.146 e. The van der Waals surface area contributed by atoms with Crippen LogP contribution < -0.4 is 0 Å². The highest BCUT2D eigenvalue weighted by molar-refractivity contribution is 5.34. The van der Waals surface area contributed by atoms with Gasteiger partial charge in [0.15, 0.2) is 0 Å². The molecule has 0 unspecified atom stereocenters. The molecule has 3 heteroatoms. The van der Waals surface area contributed by atoms with Gasteiger partial charge in [-0.2, -0.15) is 5.26 Å². The zero-order valence-electron chi connectivity index (χ0n) is 6.42. The Morgan fingerprint density at radius 1 is 1.58 bits per heavy atom. The molecule has 0 atom stereocenters. The lowest BCUT2D eigenvalue weighted by molar-refractivity contribution is 0.586. The molecular formula is C9H7FN2. The van der Waals surface area contributed by atoms with Gasteiger partial charge in [0.2, 0.25) is 0 Å². The second-order valence-corrected chi connectivity index (χ2v) is 3.03. The molecule has 0 aromatic carbocycles. The van der Waals surface area contributed by atoms with Gasteiger partial charge in [0.25, 0.3) is 0 Å². The van der Waals surface area contributed by atoms with Crippen molar-refractivity contribution in [2.45, 2.75) is 18.3 Å². The molecule has 0 amide bonds. The predicted octanol–water partition coefficient (Wildman–Crippen LogP) is 1.78. The summed E-state index contributed by atoms with van der Waals surface area (Å²) in [6.07, 6.45) is 2.99. The minimum Gasteiger partial charge on any atom is -0.257 e. The Morgan fingerprint density at radius 2 is 2.33 bits per heavy atom. The van der Waals surface area contributed by atoms with Crippen LogP contribution in [0.3, 0.4) is 0 Å². The second-order valence-electron chi connectivity index (χ2n) is 3.03. The first-order valence-electron chi connectivity index (χ1n) is 3.81. The third-order valence-electron chi connectivity index (χ3n) is 2.18. The van der Waals surface area contributed by atoms with E-state index in [0.717, 1.165) is 12.8 Å². The van der Waals surface area contributed by atoms with Gasteiger partial charge in [0, 0.05) is 6.20 Å². The van der Waals surface area contributed by atoms with Crippen LogP contribution in [0.15, 0.2) is 18.3 Å². The zero-order valence-corrected chi connectivity index (χ0v) is 6.42. The molecule has 60 valence electrons. The van der Waals surface area contributed by atoms with E-state index in [9.17, 15) is 4.39 Å². The molecule has 1 aliphatic carbocycles. The van der Waals surface area contributed by atoms with Crippen molar-refractivity contribution in [2.24, 2.45) is 0 Å². The first-order chi connectivity index (χ1) is 5.78.